The molecule has 0 saturated carbocycles. The van der Waals surface area contributed by atoms with Crippen LogP contribution in [0.2, 0.25) is 0 Å². The predicted octanol–water partition coefficient (Wildman–Crippen LogP) is 3.27. The number of fused-ring (bicyclic) bond motifs is 1. The van der Waals surface area contributed by atoms with Crippen molar-refractivity contribution in [3.8, 4) is 0 Å². The number of imidazole rings is 1. The fraction of sp³-hybridized carbons (Fsp3) is 0.263. The van der Waals surface area contributed by atoms with Crippen molar-refractivity contribution in [2.45, 2.75) is 27.2 Å². The van der Waals surface area contributed by atoms with Crippen molar-refractivity contribution in [2.24, 2.45) is 12.8 Å². The van der Waals surface area contributed by atoms with Gasteiger partial charge in [-0.3, -0.25) is 4.79 Å². The van der Waals surface area contributed by atoms with E-state index in [-0.39, 0.29) is 12.3 Å². The van der Waals surface area contributed by atoms with Crippen molar-refractivity contribution in [2.75, 3.05) is 5.32 Å². The predicted molar refractivity (Wildman–Crippen MR) is 97.5 cm³/mol. The molecule has 0 radical (unpaired) electrons. The second-order valence-corrected chi connectivity index (χ2v) is 6.32. The third kappa shape index (κ3) is 2.85. The van der Waals surface area contributed by atoms with Gasteiger partial charge in [0.05, 0.1) is 17.5 Å². The number of aromatic nitrogens is 2. The summed E-state index contributed by atoms with van der Waals surface area (Å²) in [4.78, 5) is 16.0. The molecular weight excluding hydrogens is 300 g/mol. The highest BCUT2D eigenvalue weighted by molar-refractivity contribution is 5.87. The van der Waals surface area contributed by atoms with Gasteiger partial charge in [0.1, 0.15) is 0 Å². The van der Waals surface area contributed by atoms with E-state index in [4.69, 9.17) is 5.73 Å². The van der Waals surface area contributed by atoms with Gasteiger partial charge in [-0.15, -0.1) is 0 Å². The molecule has 3 rings (SSSR count). The van der Waals surface area contributed by atoms with Crippen molar-refractivity contribution in [3.63, 3.8) is 0 Å². The van der Waals surface area contributed by atoms with Gasteiger partial charge in [0.25, 0.3) is 0 Å². The molecular formula is C19H22N4O. The molecule has 0 atom stereocenters. The van der Waals surface area contributed by atoms with E-state index in [1.165, 1.54) is 16.7 Å². The lowest BCUT2D eigenvalue weighted by Gasteiger charge is -2.13. The number of primary amides is 1. The standard InChI is InChI=1S/C19H22N4O/c1-11-8-12(2)17(13(3)9-11)22-19-21-15-7-5-6-14(10-16(20)24)18(15)23(19)4/h5-9H,10H2,1-4H3,(H2,20,24)(H,21,22). The van der Waals surface area contributed by atoms with Gasteiger partial charge in [-0.1, -0.05) is 29.8 Å². The third-order valence-electron chi connectivity index (χ3n) is 4.26. The molecule has 0 aliphatic rings. The number of nitrogens with two attached hydrogens (primary N) is 1. The van der Waals surface area contributed by atoms with Crippen molar-refractivity contribution < 1.29 is 4.79 Å². The number of nitrogens with one attached hydrogen (secondary N) is 1. The Balaban J connectivity index is 2.09. The van der Waals surface area contributed by atoms with Crippen LogP contribution in [0.15, 0.2) is 30.3 Å². The molecule has 124 valence electrons. The van der Waals surface area contributed by atoms with Crippen LogP contribution in [0, 0.1) is 20.8 Å². The minimum atomic E-state index is -0.344. The number of anilines is 2. The fourth-order valence-corrected chi connectivity index (χ4v) is 3.28. The highest BCUT2D eigenvalue weighted by Gasteiger charge is 2.14. The summed E-state index contributed by atoms with van der Waals surface area (Å²) in [6, 6.07) is 10.1. The Hall–Kier alpha value is -2.82. The summed E-state index contributed by atoms with van der Waals surface area (Å²) >= 11 is 0. The summed E-state index contributed by atoms with van der Waals surface area (Å²) < 4.78 is 1.98. The second-order valence-electron chi connectivity index (χ2n) is 6.32. The molecule has 0 aliphatic carbocycles. The van der Waals surface area contributed by atoms with Crippen molar-refractivity contribution in [1.82, 2.24) is 9.55 Å². The summed E-state index contributed by atoms with van der Waals surface area (Å²) in [6.07, 6.45) is 0.207. The van der Waals surface area contributed by atoms with E-state index in [9.17, 15) is 4.79 Å². The smallest absolute Gasteiger partial charge is 0.221 e. The Kier molecular flexibility index (Phi) is 4.01. The van der Waals surface area contributed by atoms with E-state index < -0.39 is 0 Å². The van der Waals surface area contributed by atoms with E-state index in [0.29, 0.717) is 0 Å². The Morgan fingerprint density at radius 3 is 2.50 bits per heavy atom. The average molecular weight is 322 g/mol. The van der Waals surface area contributed by atoms with E-state index in [0.717, 1.165) is 28.2 Å². The first-order chi connectivity index (χ1) is 11.4. The van der Waals surface area contributed by atoms with Crippen molar-refractivity contribution >= 4 is 28.6 Å². The minimum absolute atomic E-state index is 0.207. The van der Waals surface area contributed by atoms with Crippen LogP contribution in [0.4, 0.5) is 11.6 Å². The summed E-state index contributed by atoms with van der Waals surface area (Å²) in [5, 5.41) is 3.44. The van der Waals surface area contributed by atoms with Crippen LogP contribution in [-0.4, -0.2) is 15.5 Å². The molecule has 2 aromatic carbocycles. The molecule has 0 aliphatic heterocycles. The maximum Gasteiger partial charge on any atom is 0.221 e. The highest BCUT2D eigenvalue weighted by atomic mass is 16.1. The topological polar surface area (TPSA) is 72.9 Å². The average Bonchev–Trinajstić information content (AvgIpc) is 2.80. The van der Waals surface area contributed by atoms with Gasteiger partial charge in [-0.2, -0.15) is 0 Å². The fourth-order valence-electron chi connectivity index (χ4n) is 3.28. The SMILES string of the molecule is Cc1cc(C)c(Nc2nc3cccc(CC(N)=O)c3n2C)c(C)c1. The number of benzene rings is 2. The van der Waals surface area contributed by atoms with Gasteiger partial charge in [0, 0.05) is 12.7 Å². The number of nitrogens with zero attached hydrogens (tertiary/aromatic N) is 2. The Morgan fingerprint density at radius 2 is 1.88 bits per heavy atom. The van der Waals surface area contributed by atoms with E-state index in [1.807, 2.05) is 29.8 Å². The lowest BCUT2D eigenvalue weighted by atomic mass is 10.1. The summed E-state index contributed by atoms with van der Waals surface area (Å²) in [5.74, 6) is 0.403. The van der Waals surface area contributed by atoms with Crippen LogP contribution in [0.5, 0.6) is 0 Å². The third-order valence-corrected chi connectivity index (χ3v) is 4.26. The molecule has 1 aromatic heterocycles. The first-order valence-corrected chi connectivity index (χ1v) is 7.94. The molecule has 0 saturated heterocycles. The summed E-state index contributed by atoms with van der Waals surface area (Å²) in [7, 11) is 1.95. The van der Waals surface area contributed by atoms with Crippen molar-refractivity contribution in [1.29, 1.82) is 0 Å². The first-order valence-electron chi connectivity index (χ1n) is 7.94. The molecule has 0 spiro atoms. The molecule has 5 heteroatoms. The van der Waals surface area contributed by atoms with Crippen molar-refractivity contribution in [3.05, 3.63) is 52.6 Å². The Bertz CT molecular complexity index is 917. The number of amides is 1. The van der Waals surface area contributed by atoms with E-state index in [1.54, 1.807) is 0 Å². The highest BCUT2D eigenvalue weighted by Crippen LogP contribution is 2.28. The number of para-hydroxylation sites is 1. The lowest BCUT2D eigenvalue weighted by Crippen LogP contribution is -2.14. The zero-order chi connectivity index (χ0) is 17.4. The van der Waals surface area contributed by atoms with E-state index in [2.05, 4.69) is 43.2 Å². The lowest BCUT2D eigenvalue weighted by molar-refractivity contribution is -0.117. The quantitative estimate of drug-likeness (QED) is 0.774. The minimum Gasteiger partial charge on any atom is -0.369 e. The molecule has 3 aromatic rings. The van der Waals surface area contributed by atoms with Crippen LogP contribution in [0.1, 0.15) is 22.3 Å². The van der Waals surface area contributed by atoms with Crippen LogP contribution >= 0.6 is 0 Å². The Morgan fingerprint density at radius 1 is 1.21 bits per heavy atom. The van der Waals surface area contributed by atoms with E-state index >= 15 is 0 Å². The zero-order valence-electron chi connectivity index (χ0n) is 14.5. The maximum absolute atomic E-state index is 11.3. The van der Waals surface area contributed by atoms with Gasteiger partial charge in [-0.25, -0.2) is 4.98 Å². The molecule has 5 nitrogen and oxygen atoms in total. The van der Waals surface area contributed by atoms with Gasteiger partial charge in [0.2, 0.25) is 11.9 Å². The number of hydrogen-bond acceptors (Lipinski definition) is 3. The van der Waals surface area contributed by atoms with Gasteiger partial charge in [-0.05, 0) is 43.5 Å². The van der Waals surface area contributed by atoms with Crippen LogP contribution in [-0.2, 0) is 18.3 Å². The molecule has 0 unspecified atom stereocenters. The molecule has 1 amide bonds. The molecule has 0 bridgehead atoms. The maximum atomic E-state index is 11.3. The largest absolute Gasteiger partial charge is 0.369 e. The summed E-state index contributed by atoms with van der Waals surface area (Å²) in [6.45, 7) is 6.27. The number of carbonyl (C=O) groups excluding carboxylic acids is 1. The normalized spacial score (nSPS) is 11.0. The molecule has 3 N–H and O–H groups in total. The van der Waals surface area contributed by atoms with Gasteiger partial charge >= 0.3 is 0 Å². The Labute approximate surface area is 141 Å². The monoisotopic (exact) mass is 322 g/mol. The number of aryl methyl sites for hydroxylation is 4. The first kappa shape index (κ1) is 16.1. The number of hydrogen-bond donors (Lipinski definition) is 2. The number of carbonyl (C=O) groups is 1. The summed E-state index contributed by atoms with van der Waals surface area (Å²) in [5.41, 5.74) is 12.7. The number of rotatable bonds is 4. The van der Waals surface area contributed by atoms with Crippen LogP contribution in [0.3, 0.4) is 0 Å². The van der Waals surface area contributed by atoms with Crippen LogP contribution in [0.25, 0.3) is 11.0 Å². The van der Waals surface area contributed by atoms with Crippen LogP contribution < -0.4 is 11.1 Å². The molecule has 0 fully saturated rings. The molecule has 1 heterocycles. The van der Waals surface area contributed by atoms with Gasteiger partial charge in [0.15, 0.2) is 0 Å². The zero-order valence-corrected chi connectivity index (χ0v) is 14.5. The molecule has 24 heavy (non-hydrogen) atoms. The second kappa shape index (κ2) is 6.00. The van der Waals surface area contributed by atoms with Gasteiger partial charge < -0.3 is 15.6 Å².